The van der Waals surface area contributed by atoms with Gasteiger partial charge in [0, 0.05) is 30.3 Å². The van der Waals surface area contributed by atoms with Gasteiger partial charge in [-0.2, -0.15) is 0 Å². The summed E-state index contributed by atoms with van der Waals surface area (Å²) in [5.41, 5.74) is 1.25. The van der Waals surface area contributed by atoms with Crippen LogP contribution >= 0.6 is 0 Å². The number of aliphatic hydroxyl groups excluding tert-OH is 5. The van der Waals surface area contributed by atoms with Crippen LogP contribution in [0.1, 0.15) is 30.0 Å². The predicted molar refractivity (Wildman–Crippen MR) is 231 cm³/mol. The Morgan fingerprint density at radius 1 is 0.855 bits per heavy atom. The predicted octanol–water partition coefficient (Wildman–Crippen LogP) is 2.62. The van der Waals surface area contributed by atoms with Crippen LogP contribution in [0, 0.1) is 5.92 Å². The smallest absolute Gasteiger partial charge is 0.264 e. The summed E-state index contributed by atoms with van der Waals surface area (Å²) in [5, 5.41) is 54.2. The van der Waals surface area contributed by atoms with Gasteiger partial charge in [0.2, 0.25) is 5.91 Å². The number of nitrogens with one attached hydrogen (secondary N) is 1. The number of hydrogen-bond donors (Lipinski definition) is 6. The zero-order valence-electron chi connectivity index (χ0n) is 35.4. The van der Waals surface area contributed by atoms with E-state index < -0.39 is 62.3 Å². The summed E-state index contributed by atoms with van der Waals surface area (Å²) in [6.07, 6.45) is -9.72. The second-order valence-corrected chi connectivity index (χ2v) is 21.5. The van der Waals surface area contributed by atoms with Crippen molar-refractivity contribution in [3.63, 3.8) is 0 Å². The van der Waals surface area contributed by atoms with Gasteiger partial charge in [-0.25, -0.2) is 0 Å². The third-order valence-electron chi connectivity index (χ3n) is 12.7. The van der Waals surface area contributed by atoms with E-state index in [4.69, 9.17) is 18.9 Å². The minimum atomic E-state index is -2.64. The molecule has 0 unspecified atom stereocenters. The summed E-state index contributed by atoms with van der Waals surface area (Å²) >= 11 is 0. The summed E-state index contributed by atoms with van der Waals surface area (Å²) in [7, 11) is 0.527. The molecule has 3 aliphatic rings. The SMILES string of the molecule is COc1ccc([Si](C)(C)[C@@H]2[C@@H](CC(=O)N(CCO)Cc3ccccc3)O[C@]3(C(=O)N(Cc4cccc(NC(=O)[C@H]5O[C@@H](O)[C@H](O)[C@@H](O)[C@@H]5O)c4)c4ccc(OC)cc43)[C@H]2C)cc1. The number of carbonyl (C=O) groups is 3. The van der Waals surface area contributed by atoms with E-state index in [0.29, 0.717) is 34.9 Å². The molecule has 1 spiro atoms. The molecule has 3 heterocycles. The number of ether oxygens (including phenoxy) is 4. The van der Waals surface area contributed by atoms with Gasteiger partial charge in [0.25, 0.3) is 11.8 Å². The second-order valence-electron chi connectivity index (χ2n) is 16.8. The van der Waals surface area contributed by atoms with Gasteiger partial charge in [0.05, 0.1) is 53.7 Å². The van der Waals surface area contributed by atoms with Crippen molar-refractivity contribution in [2.75, 3.05) is 37.6 Å². The molecule has 3 aliphatic heterocycles. The first-order valence-electron chi connectivity index (χ1n) is 20.7. The Kier molecular flexibility index (Phi) is 13.2. The maximum Gasteiger partial charge on any atom is 0.264 e. The van der Waals surface area contributed by atoms with Crippen LogP contribution in [-0.2, 0) is 42.5 Å². The van der Waals surface area contributed by atoms with E-state index in [2.05, 4.69) is 30.5 Å². The first-order valence-corrected chi connectivity index (χ1v) is 23.7. The van der Waals surface area contributed by atoms with Crippen molar-refractivity contribution in [3.8, 4) is 11.5 Å². The van der Waals surface area contributed by atoms with Gasteiger partial charge in [-0.1, -0.05) is 79.8 Å². The number of hydrogen-bond acceptors (Lipinski definition) is 12. The summed E-state index contributed by atoms with van der Waals surface area (Å²) in [4.78, 5) is 46.4. The molecule has 2 saturated heterocycles. The normalized spacial score (nSPS) is 26.9. The number of amides is 3. The largest absolute Gasteiger partial charge is 0.497 e. The molecule has 0 bridgehead atoms. The van der Waals surface area contributed by atoms with E-state index in [-0.39, 0.29) is 49.2 Å². The van der Waals surface area contributed by atoms with Crippen molar-refractivity contribution < 1.29 is 58.9 Å². The first kappa shape index (κ1) is 44.9. The van der Waals surface area contributed by atoms with E-state index >= 15 is 4.79 Å². The van der Waals surface area contributed by atoms with Crippen LogP contribution < -0.4 is 24.9 Å². The molecule has 62 heavy (non-hydrogen) atoms. The minimum Gasteiger partial charge on any atom is -0.497 e. The van der Waals surface area contributed by atoms with Crippen molar-refractivity contribution in [1.82, 2.24) is 4.90 Å². The molecule has 330 valence electrons. The number of methoxy groups -OCH3 is 2. The molecule has 6 N–H and O–H groups in total. The molecule has 15 nitrogen and oxygen atoms in total. The van der Waals surface area contributed by atoms with Crippen molar-refractivity contribution in [1.29, 1.82) is 0 Å². The fourth-order valence-electron chi connectivity index (χ4n) is 9.52. The Morgan fingerprint density at radius 3 is 2.21 bits per heavy atom. The molecule has 2 fully saturated rings. The number of benzene rings is 4. The lowest BCUT2D eigenvalue weighted by Gasteiger charge is -2.37. The molecule has 0 aliphatic carbocycles. The number of rotatable bonds is 14. The Morgan fingerprint density at radius 2 is 1.53 bits per heavy atom. The van der Waals surface area contributed by atoms with Crippen LogP contribution in [0.3, 0.4) is 0 Å². The van der Waals surface area contributed by atoms with Gasteiger partial charge in [-0.3, -0.25) is 14.4 Å². The third kappa shape index (κ3) is 8.36. The van der Waals surface area contributed by atoms with Crippen LogP contribution in [0.5, 0.6) is 11.5 Å². The van der Waals surface area contributed by atoms with Crippen LogP contribution in [-0.4, -0.2) is 120 Å². The topological polar surface area (TPSA) is 208 Å². The van der Waals surface area contributed by atoms with E-state index in [1.165, 1.54) is 0 Å². The molecule has 3 amide bonds. The highest BCUT2D eigenvalue weighted by Crippen LogP contribution is 2.60. The lowest BCUT2D eigenvalue weighted by atomic mass is 9.82. The Labute approximate surface area is 361 Å². The quantitative estimate of drug-likeness (QED) is 0.101. The van der Waals surface area contributed by atoms with Crippen molar-refractivity contribution >= 4 is 42.4 Å². The molecule has 0 radical (unpaired) electrons. The number of carbonyl (C=O) groups excluding carboxylic acids is 3. The maximum atomic E-state index is 15.4. The van der Waals surface area contributed by atoms with Crippen LogP contribution in [0.2, 0.25) is 18.6 Å². The zero-order valence-corrected chi connectivity index (χ0v) is 36.4. The second kappa shape index (κ2) is 18.3. The molecule has 4 aromatic rings. The van der Waals surface area contributed by atoms with Crippen LogP contribution in [0.15, 0.2) is 97.1 Å². The number of nitrogens with zero attached hydrogens (tertiary/aromatic N) is 2. The molecule has 9 atom stereocenters. The summed E-state index contributed by atoms with van der Waals surface area (Å²) in [5.74, 6) is -0.601. The van der Waals surface area contributed by atoms with Gasteiger partial charge in [0.1, 0.15) is 29.8 Å². The highest BCUT2D eigenvalue weighted by molar-refractivity contribution is 6.91. The number of fused-ring (bicyclic) bond motifs is 2. The van der Waals surface area contributed by atoms with E-state index in [9.17, 15) is 35.1 Å². The highest BCUT2D eigenvalue weighted by atomic mass is 28.3. The monoisotopic (exact) mass is 869 g/mol. The Balaban J connectivity index is 1.23. The standard InChI is InChI=1S/C46H55N3O12Si/c1-27-42(62(4,5)33-17-14-31(58-2)15-18-33)36(24-37(51)48(20-21-50)25-28-10-7-6-8-11-28)61-46(27)34-23-32(59-3)16-19-35(34)49(45(46)57)26-29-12-9-13-30(22-29)47-43(55)41-39(53)38(52)40(54)44(56)60-41/h6-19,22-23,27,36,38-42,44,50,52-54,56H,20-21,24-26H2,1-5H3,(H,47,55)/t27-,36+,38-,39-,40+,41-,42-,44+,46+/m0/s1. The molecular formula is C46H55N3O12Si. The minimum absolute atomic E-state index is 0.0308. The average molecular weight is 870 g/mol. The number of anilines is 2. The molecule has 4 aromatic carbocycles. The third-order valence-corrected chi connectivity index (χ3v) is 17.1. The van der Waals surface area contributed by atoms with E-state index in [1.807, 2.05) is 61.5 Å². The van der Waals surface area contributed by atoms with Crippen molar-refractivity contribution in [2.24, 2.45) is 5.92 Å². The lowest BCUT2D eigenvalue weighted by molar-refractivity contribution is -0.274. The molecule has 0 saturated carbocycles. The summed E-state index contributed by atoms with van der Waals surface area (Å²) < 4.78 is 23.5. The van der Waals surface area contributed by atoms with Gasteiger partial charge in [-0.05, 0) is 59.1 Å². The highest BCUT2D eigenvalue weighted by Gasteiger charge is 2.66. The molecule has 16 heteroatoms. The summed E-state index contributed by atoms with van der Waals surface area (Å²) in [6, 6.07) is 29.7. The van der Waals surface area contributed by atoms with E-state index in [1.54, 1.807) is 54.4 Å². The fraction of sp³-hybridized carbons (Fsp3) is 0.413. The van der Waals surface area contributed by atoms with Gasteiger partial charge in [-0.15, -0.1) is 0 Å². The molecular weight excluding hydrogens is 815 g/mol. The fourth-order valence-corrected chi connectivity index (χ4v) is 13.5. The van der Waals surface area contributed by atoms with Crippen LogP contribution in [0.25, 0.3) is 0 Å². The zero-order chi connectivity index (χ0) is 44.5. The Bertz CT molecular complexity index is 2250. The van der Waals surface area contributed by atoms with Gasteiger partial charge < -0.3 is 59.6 Å². The van der Waals surface area contributed by atoms with Crippen molar-refractivity contribution in [2.45, 2.75) is 87.5 Å². The van der Waals surface area contributed by atoms with Crippen LogP contribution in [0.4, 0.5) is 11.4 Å². The number of aliphatic hydroxyl groups is 5. The van der Waals surface area contributed by atoms with Gasteiger partial charge in [0.15, 0.2) is 18.0 Å². The first-order chi connectivity index (χ1) is 29.6. The maximum absolute atomic E-state index is 15.4. The average Bonchev–Trinajstić information content (AvgIpc) is 3.69. The summed E-state index contributed by atoms with van der Waals surface area (Å²) in [6.45, 7) is 6.74. The van der Waals surface area contributed by atoms with E-state index in [0.717, 1.165) is 10.8 Å². The van der Waals surface area contributed by atoms with Gasteiger partial charge >= 0.3 is 0 Å². The molecule has 0 aromatic heterocycles. The Hall–Kier alpha value is -5.17. The molecule has 7 rings (SSSR count). The lowest BCUT2D eigenvalue weighted by Crippen LogP contribution is -2.60. The van der Waals surface area contributed by atoms with Crippen molar-refractivity contribution in [3.05, 3.63) is 114 Å².